The van der Waals surface area contributed by atoms with Crippen LogP contribution < -0.4 is 10.6 Å². The molecule has 180 valence electrons. The lowest BCUT2D eigenvalue weighted by molar-refractivity contribution is 0.0702. The minimum absolute atomic E-state index is 0.0486. The molecule has 2 aromatic carbocycles. The number of carbonyl (C=O) groups excluding carboxylic acids is 1. The maximum Gasteiger partial charge on any atom is 0.274 e. The van der Waals surface area contributed by atoms with Crippen LogP contribution in [0.1, 0.15) is 48.2 Å². The summed E-state index contributed by atoms with van der Waals surface area (Å²) >= 11 is 0. The molecule has 2 saturated heterocycles. The second-order valence-electron chi connectivity index (χ2n) is 9.35. The Bertz CT molecular complexity index is 1260. The zero-order valence-electron chi connectivity index (χ0n) is 19.7. The van der Waals surface area contributed by atoms with Gasteiger partial charge in [-0.3, -0.25) is 4.79 Å². The largest absolute Gasteiger partial charge is 0.371 e. The first-order valence-electron chi connectivity index (χ1n) is 12.2. The number of halogens is 1. The Morgan fingerprint density at radius 1 is 1.03 bits per heavy atom. The molecule has 1 atom stereocenters. The van der Waals surface area contributed by atoms with E-state index in [0.717, 1.165) is 50.0 Å². The number of benzene rings is 2. The molecule has 8 heteroatoms. The number of hydrogen-bond acceptors (Lipinski definition) is 5. The van der Waals surface area contributed by atoms with E-state index in [1.807, 2.05) is 6.07 Å². The number of aromatic nitrogens is 2. The van der Waals surface area contributed by atoms with E-state index in [1.54, 1.807) is 47.4 Å². The number of nitrogens with zero attached hydrogens (tertiary/aromatic N) is 5. The summed E-state index contributed by atoms with van der Waals surface area (Å²) in [6, 6.07) is 15.9. The number of piperidine rings is 2. The molecule has 0 saturated carbocycles. The molecular weight excluding hydrogens is 443 g/mol. The van der Waals surface area contributed by atoms with Crippen molar-refractivity contribution in [2.24, 2.45) is 5.73 Å². The third-order valence-electron chi connectivity index (χ3n) is 6.86. The van der Waals surface area contributed by atoms with Crippen LogP contribution in [0.5, 0.6) is 0 Å². The maximum atomic E-state index is 15.5. The Kier molecular flexibility index (Phi) is 6.51. The van der Waals surface area contributed by atoms with E-state index in [1.165, 1.54) is 11.1 Å². The molecule has 7 nitrogen and oxygen atoms in total. The van der Waals surface area contributed by atoms with Crippen molar-refractivity contribution in [3.8, 4) is 23.0 Å². The van der Waals surface area contributed by atoms with Gasteiger partial charge >= 0.3 is 0 Å². The van der Waals surface area contributed by atoms with Crippen LogP contribution in [0.3, 0.4) is 0 Å². The number of carbonyl (C=O) groups is 1. The third kappa shape index (κ3) is 4.77. The molecule has 2 N–H and O–H groups in total. The zero-order chi connectivity index (χ0) is 24.4. The van der Waals surface area contributed by atoms with Crippen LogP contribution in [0.15, 0.2) is 48.5 Å². The fourth-order valence-corrected chi connectivity index (χ4v) is 4.96. The van der Waals surface area contributed by atoms with Crippen molar-refractivity contribution < 1.29 is 9.18 Å². The van der Waals surface area contributed by atoms with Gasteiger partial charge in [0, 0.05) is 43.5 Å². The highest BCUT2D eigenvalue weighted by atomic mass is 19.1. The zero-order valence-corrected chi connectivity index (χ0v) is 19.7. The first-order chi connectivity index (χ1) is 17.0. The normalized spacial score (nSPS) is 18.4. The van der Waals surface area contributed by atoms with Gasteiger partial charge in [0.2, 0.25) is 0 Å². The van der Waals surface area contributed by atoms with Crippen molar-refractivity contribution in [1.82, 2.24) is 14.7 Å². The summed E-state index contributed by atoms with van der Waals surface area (Å²) in [5.41, 5.74) is 9.32. The number of anilines is 1. The monoisotopic (exact) mass is 472 g/mol. The second-order valence-corrected chi connectivity index (χ2v) is 9.35. The number of hydrogen-bond donors (Lipinski definition) is 1. The average molecular weight is 473 g/mol. The van der Waals surface area contributed by atoms with Crippen molar-refractivity contribution in [2.45, 2.75) is 38.1 Å². The van der Waals surface area contributed by atoms with E-state index in [9.17, 15) is 4.79 Å². The molecule has 0 radical (unpaired) electrons. The van der Waals surface area contributed by atoms with Crippen molar-refractivity contribution in [1.29, 1.82) is 5.26 Å². The summed E-state index contributed by atoms with van der Waals surface area (Å²) in [7, 11) is 0. The Labute approximate surface area is 204 Å². The van der Waals surface area contributed by atoms with Gasteiger partial charge in [-0.25, -0.2) is 9.07 Å². The topological polar surface area (TPSA) is 91.2 Å². The van der Waals surface area contributed by atoms with Gasteiger partial charge < -0.3 is 15.5 Å². The molecule has 0 spiro atoms. The molecule has 0 aliphatic carbocycles. The van der Waals surface area contributed by atoms with Crippen LogP contribution in [0.25, 0.3) is 16.9 Å². The van der Waals surface area contributed by atoms with Crippen molar-refractivity contribution in [2.75, 3.05) is 31.1 Å². The van der Waals surface area contributed by atoms with E-state index in [0.29, 0.717) is 24.3 Å². The molecule has 2 fully saturated rings. The van der Waals surface area contributed by atoms with Gasteiger partial charge in [0.25, 0.3) is 5.91 Å². The summed E-state index contributed by atoms with van der Waals surface area (Å²) in [6.07, 6.45) is 5.16. The van der Waals surface area contributed by atoms with Crippen LogP contribution in [0, 0.1) is 17.1 Å². The van der Waals surface area contributed by atoms with Gasteiger partial charge in [-0.15, -0.1) is 0 Å². The number of nitrogens with two attached hydrogens (primary N) is 1. The van der Waals surface area contributed by atoms with E-state index in [-0.39, 0.29) is 23.3 Å². The molecule has 35 heavy (non-hydrogen) atoms. The number of amides is 1. The third-order valence-corrected chi connectivity index (χ3v) is 6.86. The number of likely N-dealkylation sites (tertiary alicyclic amines) is 1. The minimum atomic E-state index is -0.398. The van der Waals surface area contributed by atoms with Crippen LogP contribution in [-0.4, -0.2) is 52.8 Å². The van der Waals surface area contributed by atoms with Crippen LogP contribution >= 0.6 is 0 Å². The molecule has 3 heterocycles. The molecule has 1 aromatic heterocycles. The van der Waals surface area contributed by atoms with Crippen molar-refractivity contribution in [3.05, 3.63) is 65.6 Å². The molecule has 0 bridgehead atoms. The molecule has 1 amide bonds. The van der Waals surface area contributed by atoms with Gasteiger partial charge in [-0.05, 0) is 68.5 Å². The van der Waals surface area contributed by atoms with Gasteiger partial charge in [-0.1, -0.05) is 12.1 Å². The molecule has 5 rings (SSSR count). The highest BCUT2D eigenvalue weighted by Gasteiger charge is 2.26. The minimum Gasteiger partial charge on any atom is -0.371 e. The summed E-state index contributed by atoms with van der Waals surface area (Å²) in [6.45, 7) is 2.96. The smallest absolute Gasteiger partial charge is 0.274 e. The van der Waals surface area contributed by atoms with E-state index in [4.69, 9.17) is 11.0 Å². The fourth-order valence-electron chi connectivity index (χ4n) is 4.96. The summed E-state index contributed by atoms with van der Waals surface area (Å²) in [5.74, 6) is -0.607. The summed E-state index contributed by atoms with van der Waals surface area (Å²) in [4.78, 5) is 17.2. The highest BCUT2D eigenvalue weighted by Crippen LogP contribution is 2.29. The molecular formula is C27H29FN6O. The standard InChI is InChI=1S/C27H29FN6O/c28-23-15-22(32-12-2-1-3-13-32)10-11-25(23)34-26(20-8-6-19(17-29)7-9-20)16-24(31-34)27(35)33-14-4-5-21(30)18-33/h6-11,15-16,21H,1-5,12-14,18,30H2. The van der Waals surface area contributed by atoms with Crippen LogP contribution in [-0.2, 0) is 0 Å². The predicted molar refractivity (Wildman–Crippen MR) is 133 cm³/mol. The Balaban J connectivity index is 1.54. The molecule has 1 unspecified atom stereocenters. The lowest BCUT2D eigenvalue weighted by Crippen LogP contribution is -2.45. The highest BCUT2D eigenvalue weighted by molar-refractivity contribution is 5.93. The van der Waals surface area contributed by atoms with E-state index in [2.05, 4.69) is 16.1 Å². The van der Waals surface area contributed by atoms with Gasteiger partial charge in [0.05, 0.1) is 17.3 Å². The SMILES string of the molecule is N#Cc1ccc(-c2cc(C(=O)N3CCCC(N)C3)nn2-c2ccc(N3CCCCC3)cc2F)cc1. The molecule has 2 aliphatic rings. The fraction of sp³-hybridized carbons (Fsp3) is 0.370. The number of rotatable bonds is 4. The van der Waals surface area contributed by atoms with E-state index < -0.39 is 5.82 Å². The van der Waals surface area contributed by atoms with Gasteiger partial charge in [0.1, 0.15) is 5.69 Å². The lowest BCUT2D eigenvalue weighted by atomic mass is 10.1. The van der Waals surface area contributed by atoms with Crippen LogP contribution in [0.2, 0.25) is 0 Å². The van der Waals surface area contributed by atoms with Crippen LogP contribution in [0.4, 0.5) is 10.1 Å². The Morgan fingerprint density at radius 3 is 2.49 bits per heavy atom. The first-order valence-corrected chi connectivity index (χ1v) is 12.2. The average Bonchev–Trinajstić information content (AvgIpc) is 3.34. The van der Waals surface area contributed by atoms with Crippen molar-refractivity contribution in [3.63, 3.8) is 0 Å². The first kappa shape index (κ1) is 23.1. The Hall–Kier alpha value is -3.70. The lowest BCUT2D eigenvalue weighted by Gasteiger charge is -2.30. The van der Waals surface area contributed by atoms with Gasteiger partial charge in [-0.2, -0.15) is 10.4 Å². The Morgan fingerprint density at radius 2 is 1.80 bits per heavy atom. The maximum absolute atomic E-state index is 15.5. The predicted octanol–water partition coefficient (Wildman–Crippen LogP) is 4.10. The molecule has 2 aliphatic heterocycles. The second kappa shape index (κ2) is 9.88. The van der Waals surface area contributed by atoms with Crippen molar-refractivity contribution >= 4 is 11.6 Å². The van der Waals surface area contributed by atoms with Gasteiger partial charge in [0.15, 0.2) is 11.5 Å². The quantitative estimate of drug-likeness (QED) is 0.617. The number of nitriles is 1. The van der Waals surface area contributed by atoms with E-state index >= 15 is 4.39 Å². The summed E-state index contributed by atoms with van der Waals surface area (Å²) < 4.78 is 17.0. The summed E-state index contributed by atoms with van der Waals surface area (Å²) in [5, 5.41) is 13.7. The molecule has 3 aromatic rings.